The van der Waals surface area contributed by atoms with Gasteiger partial charge in [0.25, 0.3) is 0 Å². The van der Waals surface area contributed by atoms with Crippen molar-refractivity contribution in [1.29, 1.82) is 0 Å². The third kappa shape index (κ3) is 2.08. The normalized spacial score (nSPS) is 16.6. The van der Waals surface area contributed by atoms with Gasteiger partial charge in [0.2, 0.25) is 0 Å². The van der Waals surface area contributed by atoms with Gasteiger partial charge in [-0.05, 0) is 48.9 Å². The number of fused-ring (bicyclic) bond motifs is 1. The first kappa shape index (κ1) is 11.2. The van der Waals surface area contributed by atoms with E-state index in [9.17, 15) is 0 Å². The van der Waals surface area contributed by atoms with Crippen LogP contribution in [0.15, 0.2) is 53.5 Å². The van der Waals surface area contributed by atoms with Gasteiger partial charge in [0, 0.05) is 5.71 Å². The van der Waals surface area contributed by atoms with Gasteiger partial charge in [0.1, 0.15) is 0 Å². The molecule has 0 N–H and O–H groups in total. The fraction of sp³-hybridized carbons (Fsp3) is 0.235. The van der Waals surface area contributed by atoms with Crippen molar-refractivity contribution < 1.29 is 0 Å². The Labute approximate surface area is 108 Å². The van der Waals surface area contributed by atoms with Gasteiger partial charge in [-0.2, -0.15) is 0 Å². The Morgan fingerprint density at radius 2 is 1.67 bits per heavy atom. The van der Waals surface area contributed by atoms with E-state index in [2.05, 4.69) is 55.5 Å². The van der Waals surface area contributed by atoms with Crippen LogP contribution in [0.3, 0.4) is 0 Å². The highest BCUT2D eigenvalue weighted by Crippen LogP contribution is 2.25. The third-order valence-electron chi connectivity index (χ3n) is 3.56. The van der Waals surface area contributed by atoms with Crippen LogP contribution in [0.1, 0.15) is 29.5 Å². The molecule has 2 aromatic rings. The Morgan fingerprint density at radius 1 is 0.889 bits per heavy atom. The molecule has 0 saturated carbocycles. The molecular weight excluding hydrogens is 218 g/mol. The van der Waals surface area contributed by atoms with Gasteiger partial charge in [-0.3, -0.25) is 4.99 Å². The molecule has 1 nitrogen and oxygen atoms in total. The fourth-order valence-corrected chi connectivity index (χ4v) is 2.55. The molecule has 1 aliphatic carbocycles. The minimum Gasteiger partial charge on any atom is -0.253 e. The van der Waals surface area contributed by atoms with E-state index < -0.39 is 0 Å². The summed E-state index contributed by atoms with van der Waals surface area (Å²) in [4.78, 5) is 4.88. The van der Waals surface area contributed by atoms with E-state index in [1.54, 1.807) is 0 Å². The van der Waals surface area contributed by atoms with Crippen molar-refractivity contribution in [2.45, 2.75) is 26.2 Å². The van der Waals surface area contributed by atoms with Gasteiger partial charge in [-0.25, -0.2) is 0 Å². The Morgan fingerprint density at radius 3 is 2.56 bits per heavy atom. The molecule has 0 fully saturated rings. The van der Waals surface area contributed by atoms with Crippen LogP contribution in [0.4, 0.5) is 5.69 Å². The molecule has 0 amide bonds. The first-order valence-corrected chi connectivity index (χ1v) is 6.56. The molecule has 0 atom stereocenters. The van der Waals surface area contributed by atoms with Crippen LogP contribution in [0.25, 0.3) is 0 Å². The monoisotopic (exact) mass is 235 g/mol. The summed E-state index contributed by atoms with van der Waals surface area (Å²) < 4.78 is 0. The Bertz CT molecular complexity index is 596. The van der Waals surface area contributed by atoms with Crippen molar-refractivity contribution >= 4 is 11.4 Å². The second-order valence-corrected chi connectivity index (χ2v) is 4.86. The predicted octanol–water partition coefficient (Wildman–Crippen LogP) is 4.45. The van der Waals surface area contributed by atoms with E-state index in [1.165, 1.54) is 35.2 Å². The smallest absolute Gasteiger partial charge is 0.0662 e. The Kier molecular flexibility index (Phi) is 2.97. The molecule has 0 heterocycles. The topological polar surface area (TPSA) is 12.4 Å². The highest BCUT2D eigenvalue weighted by atomic mass is 14.8. The molecule has 1 aliphatic rings. The molecule has 0 spiro atoms. The summed E-state index contributed by atoms with van der Waals surface area (Å²) in [6.45, 7) is 2.12. The Hall–Kier alpha value is -1.89. The van der Waals surface area contributed by atoms with Crippen molar-refractivity contribution in [3.8, 4) is 0 Å². The zero-order chi connectivity index (χ0) is 12.4. The average Bonchev–Trinajstić information content (AvgIpc) is 2.42. The SMILES string of the molecule is Cc1ccccc1N=C1CCCc2ccccc21. The molecule has 3 rings (SSSR count). The first-order chi connectivity index (χ1) is 8.84. The number of rotatable bonds is 1. The zero-order valence-corrected chi connectivity index (χ0v) is 10.7. The number of hydrogen-bond acceptors (Lipinski definition) is 1. The maximum absolute atomic E-state index is 4.88. The number of hydrogen-bond donors (Lipinski definition) is 0. The lowest BCUT2D eigenvalue weighted by Gasteiger charge is -2.18. The highest BCUT2D eigenvalue weighted by Gasteiger charge is 2.14. The minimum absolute atomic E-state index is 1.09. The average molecular weight is 235 g/mol. The molecule has 18 heavy (non-hydrogen) atoms. The second kappa shape index (κ2) is 4.77. The summed E-state index contributed by atoms with van der Waals surface area (Å²) in [7, 11) is 0. The van der Waals surface area contributed by atoms with Crippen molar-refractivity contribution in [1.82, 2.24) is 0 Å². The van der Waals surface area contributed by atoms with Crippen LogP contribution >= 0.6 is 0 Å². The van der Waals surface area contributed by atoms with E-state index in [-0.39, 0.29) is 0 Å². The second-order valence-electron chi connectivity index (χ2n) is 4.86. The molecule has 0 aliphatic heterocycles. The van der Waals surface area contributed by atoms with Crippen LogP contribution in [-0.2, 0) is 6.42 Å². The van der Waals surface area contributed by atoms with Crippen LogP contribution < -0.4 is 0 Å². The van der Waals surface area contributed by atoms with Crippen LogP contribution in [-0.4, -0.2) is 5.71 Å². The third-order valence-corrected chi connectivity index (χ3v) is 3.56. The summed E-state index contributed by atoms with van der Waals surface area (Å²) in [5.41, 5.74) is 6.37. The van der Waals surface area contributed by atoms with E-state index in [4.69, 9.17) is 4.99 Å². The molecule has 0 unspecified atom stereocenters. The number of aryl methyl sites for hydroxylation is 2. The quantitative estimate of drug-likeness (QED) is 0.692. The number of nitrogens with zero attached hydrogens (tertiary/aromatic N) is 1. The molecule has 0 aromatic heterocycles. The molecule has 90 valence electrons. The Balaban J connectivity index is 2.07. The lowest BCUT2D eigenvalue weighted by molar-refractivity contribution is 0.839. The number of benzene rings is 2. The van der Waals surface area contributed by atoms with E-state index in [0.717, 1.165) is 12.1 Å². The standard InChI is InChI=1S/C17H17N/c1-13-7-2-5-11-16(13)18-17-12-6-9-14-8-3-4-10-15(14)17/h2-5,7-8,10-11H,6,9,12H2,1H3. The lowest BCUT2D eigenvalue weighted by atomic mass is 9.90. The molecule has 0 bridgehead atoms. The van der Waals surface area contributed by atoms with Crippen molar-refractivity contribution in [3.05, 3.63) is 65.2 Å². The van der Waals surface area contributed by atoms with E-state index >= 15 is 0 Å². The van der Waals surface area contributed by atoms with E-state index in [1.807, 2.05) is 0 Å². The van der Waals surface area contributed by atoms with Gasteiger partial charge >= 0.3 is 0 Å². The summed E-state index contributed by atoms with van der Waals surface area (Å²) in [6.07, 6.45) is 3.48. The molecule has 0 saturated heterocycles. The van der Waals surface area contributed by atoms with Gasteiger partial charge < -0.3 is 0 Å². The lowest BCUT2D eigenvalue weighted by Crippen LogP contribution is -2.11. The minimum atomic E-state index is 1.09. The highest BCUT2D eigenvalue weighted by molar-refractivity contribution is 6.04. The van der Waals surface area contributed by atoms with Gasteiger partial charge in [-0.1, -0.05) is 42.5 Å². The fourth-order valence-electron chi connectivity index (χ4n) is 2.55. The summed E-state index contributed by atoms with van der Waals surface area (Å²) in [5, 5.41) is 0. The summed E-state index contributed by atoms with van der Waals surface area (Å²) in [5.74, 6) is 0. The maximum atomic E-state index is 4.88. The zero-order valence-electron chi connectivity index (χ0n) is 10.7. The van der Waals surface area contributed by atoms with Gasteiger partial charge in [0.15, 0.2) is 0 Å². The van der Waals surface area contributed by atoms with Gasteiger partial charge in [0.05, 0.1) is 5.69 Å². The summed E-state index contributed by atoms with van der Waals surface area (Å²) >= 11 is 0. The van der Waals surface area contributed by atoms with Gasteiger partial charge in [-0.15, -0.1) is 0 Å². The number of para-hydroxylation sites is 1. The number of aliphatic imine (C=N–C) groups is 1. The first-order valence-electron chi connectivity index (χ1n) is 6.56. The predicted molar refractivity (Wildman–Crippen MR) is 76.8 cm³/mol. The molecule has 2 aromatic carbocycles. The van der Waals surface area contributed by atoms with Crippen molar-refractivity contribution in [2.24, 2.45) is 4.99 Å². The largest absolute Gasteiger partial charge is 0.253 e. The van der Waals surface area contributed by atoms with Crippen molar-refractivity contribution in [3.63, 3.8) is 0 Å². The molecular formula is C17H17N. The van der Waals surface area contributed by atoms with E-state index in [0.29, 0.717) is 0 Å². The molecule has 1 heteroatoms. The van der Waals surface area contributed by atoms with Crippen molar-refractivity contribution in [2.75, 3.05) is 0 Å². The van der Waals surface area contributed by atoms with Crippen LogP contribution in [0.5, 0.6) is 0 Å². The summed E-state index contributed by atoms with van der Waals surface area (Å²) in [6, 6.07) is 17.0. The van der Waals surface area contributed by atoms with Crippen LogP contribution in [0, 0.1) is 6.92 Å². The molecule has 0 radical (unpaired) electrons. The van der Waals surface area contributed by atoms with Crippen LogP contribution in [0.2, 0.25) is 0 Å². The maximum Gasteiger partial charge on any atom is 0.0662 e.